The van der Waals surface area contributed by atoms with E-state index in [1.165, 1.54) is 5.56 Å². The molecule has 0 atom stereocenters. The third-order valence-corrected chi connectivity index (χ3v) is 3.77. The van der Waals surface area contributed by atoms with Gasteiger partial charge in [0.25, 0.3) is 0 Å². The number of hydrogen-bond acceptors (Lipinski definition) is 4. The zero-order valence-electron chi connectivity index (χ0n) is 12.5. The molecule has 0 N–H and O–H groups in total. The van der Waals surface area contributed by atoms with Crippen molar-refractivity contribution in [2.75, 3.05) is 12.0 Å². The van der Waals surface area contributed by atoms with Crippen LogP contribution in [0.1, 0.15) is 30.6 Å². The van der Waals surface area contributed by atoms with Crippen molar-refractivity contribution in [3.05, 3.63) is 29.6 Å². The SMILES string of the molecule is CCCn1nc(CCSC)nc1CCc1cnn(C)c1. The van der Waals surface area contributed by atoms with E-state index in [4.69, 9.17) is 4.98 Å². The summed E-state index contributed by atoms with van der Waals surface area (Å²) in [5.74, 6) is 3.17. The summed E-state index contributed by atoms with van der Waals surface area (Å²) in [5, 5.41) is 8.83. The quantitative estimate of drug-likeness (QED) is 0.748. The Morgan fingerprint density at radius 3 is 2.75 bits per heavy atom. The van der Waals surface area contributed by atoms with E-state index >= 15 is 0 Å². The predicted octanol–water partition coefficient (Wildman–Crippen LogP) is 2.11. The molecule has 0 aliphatic heterocycles. The number of hydrogen-bond donors (Lipinski definition) is 0. The topological polar surface area (TPSA) is 48.5 Å². The first kappa shape index (κ1) is 15.1. The van der Waals surface area contributed by atoms with Crippen LogP contribution in [0, 0.1) is 0 Å². The minimum atomic E-state index is 0.929. The Bertz CT molecular complexity index is 531. The minimum absolute atomic E-state index is 0.929. The van der Waals surface area contributed by atoms with E-state index in [2.05, 4.69) is 34.3 Å². The Hall–Kier alpha value is -1.30. The largest absolute Gasteiger partial charge is 0.276 e. The van der Waals surface area contributed by atoms with E-state index in [-0.39, 0.29) is 0 Å². The summed E-state index contributed by atoms with van der Waals surface area (Å²) in [7, 11) is 1.95. The summed E-state index contributed by atoms with van der Waals surface area (Å²) in [6.45, 7) is 3.13. The van der Waals surface area contributed by atoms with Crippen LogP contribution in [0.3, 0.4) is 0 Å². The molecule has 0 bridgehead atoms. The summed E-state index contributed by atoms with van der Waals surface area (Å²) in [6.07, 6.45) is 10.1. The summed E-state index contributed by atoms with van der Waals surface area (Å²) >= 11 is 1.84. The highest BCUT2D eigenvalue weighted by molar-refractivity contribution is 7.98. The van der Waals surface area contributed by atoms with Crippen LogP contribution in [0.2, 0.25) is 0 Å². The van der Waals surface area contributed by atoms with Crippen LogP contribution in [0.5, 0.6) is 0 Å². The van der Waals surface area contributed by atoms with Crippen molar-refractivity contribution in [2.24, 2.45) is 7.05 Å². The summed E-state index contributed by atoms with van der Waals surface area (Å²) in [5.41, 5.74) is 1.25. The second kappa shape index (κ2) is 7.47. The van der Waals surface area contributed by atoms with Crippen LogP contribution in [0.15, 0.2) is 12.4 Å². The molecule has 0 saturated heterocycles. The van der Waals surface area contributed by atoms with Gasteiger partial charge in [-0.05, 0) is 24.7 Å². The molecule has 2 heterocycles. The number of nitrogens with zero attached hydrogens (tertiary/aromatic N) is 5. The summed E-state index contributed by atoms with van der Waals surface area (Å²) in [6, 6.07) is 0. The van der Waals surface area contributed by atoms with Gasteiger partial charge in [-0.2, -0.15) is 22.0 Å². The van der Waals surface area contributed by atoms with Crippen molar-refractivity contribution in [3.8, 4) is 0 Å². The first-order valence-corrected chi connectivity index (χ1v) is 8.51. The fourth-order valence-corrected chi connectivity index (χ4v) is 2.54. The van der Waals surface area contributed by atoms with Crippen molar-refractivity contribution in [1.82, 2.24) is 24.5 Å². The van der Waals surface area contributed by atoms with Gasteiger partial charge in [0.2, 0.25) is 0 Å². The van der Waals surface area contributed by atoms with Crippen molar-refractivity contribution in [3.63, 3.8) is 0 Å². The van der Waals surface area contributed by atoms with E-state index in [9.17, 15) is 0 Å². The number of aromatic nitrogens is 5. The zero-order chi connectivity index (χ0) is 14.4. The van der Waals surface area contributed by atoms with E-state index in [1.807, 2.05) is 29.7 Å². The summed E-state index contributed by atoms with van der Waals surface area (Å²) in [4.78, 5) is 4.70. The Morgan fingerprint density at radius 2 is 2.10 bits per heavy atom. The molecule has 110 valence electrons. The predicted molar refractivity (Wildman–Crippen MR) is 83.0 cm³/mol. The molecule has 2 aromatic rings. The monoisotopic (exact) mass is 293 g/mol. The van der Waals surface area contributed by atoms with E-state index in [0.717, 1.165) is 49.6 Å². The molecule has 2 aromatic heterocycles. The lowest BCUT2D eigenvalue weighted by molar-refractivity contribution is 0.563. The number of aryl methyl sites for hydroxylation is 5. The lowest BCUT2D eigenvalue weighted by Gasteiger charge is -2.02. The van der Waals surface area contributed by atoms with Crippen molar-refractivity contribution < 1.29 is 0 Å². The molecule has 0 aliphatic carbocycles. The molecule has 0 saturated carbocycles. The van der Waals surface area contributed by atoms with Crippen molar-refractivity contribution in [2.45, 2.75) is 39.2 Å². The molecule has 6 heteroatoms. The number of rotatable bonds is 8. The zero-order valence-corrected chi connectivity index (χ0v) is 13.4. The molecule has 0 fully saturated rings. The van der Waals surface area contributed by atoms with Crippen LogP contribution >= 0.6 is 11.8 Å². The first-order chi connectivity index (χ1) is 9.72. The molecule has 2 rings (SSSR count). The van der Waals surface area contributed by atoms with Crippen LogP contribution < -0.4 is 0 Å². The van der Waals surface area contributed by atoms with Crippen LogP contribution in [0.4, 0.5) is 0 Å². The summed E-state index contributed by atoms with van der Waals surface area (Å²) < 4.78 is 3.92. The molecule has 5 nitrogen and oxygen atoms in total. The smallest absolute Gasteiger partial charge is 0.151 e. The van der Waals surface area contributed by atoms with Gasteiger partial charge in [0.15, 0.2) is 5.82 Å². The van der Waals surface area contributed by atoms with E-state index < -0.39 is 0 Å². The molecular weight excluding hydrogens is 270 g/mol. The minimum Gasteiger partial charge on any atom is -0.276 e. The maximum Gasteiger partial charge on any atom is 0.151 e. The van der Waals surface area contributed by atoms with Gasteiger partial charge in [-0.3, -0.25) is 4.68 Å². The standard InChI is InChI=1S/C14H23N5S/c1-4-8-19-14(16-13(17-19)7-9-20-3)6-5-12-10-15-18(2)11-12/h10-11H,4-9H2,1-3H3. The highest BCUT2D eigenvalue weighted by Gasteiger charge is 2.10. The maximum atomic E-state index is 4.70. The van der Waals surface area contributed by atoms with E-state index in [0.29, 0.717) is 0 Å². The normalized spacial score (nSPS) is 11.2. The molecule has 0 amide bonds. The molecular formula is C14H23N5S. The number of thioether (sulfide) groups is 1. The van der Waals surface area contributed by atoms with Crippen LogP contribution in [-0.4, -0.2) is 36.6 Å². The lowest BCUT2D eigenvalue weighted by Crippen LogP contribution is -2.06. The molecule has 20 heavy (non-hydrogen) atoms. The van der Waals surface area contributed by atoms with Gasteiger partial charge in [0.05, 0.1) is 6.20 Å². The molecule has 0 unspecified atom stereocenters. The van der Waals surface area contributed by atoms with Crippen molar-refractivity contribution >= 4 is 11.8 Å². The average molecular weight is 293 g/mol. The van der Waals surface area contributed by atoms with E-state index in [1.54, 1.807) is 0 Å². The van der Waals surface area contributed by atoms with Gasteiger partial charge in [-0.15, -0.1) is 0 Å². The molecule has 0 aromatic carbocycles. The van der Waals surface area contributed by atoms with Gasteiger partial charge in [0.1, 0.15) is 5.82 Å². The van der Waals surface area contributed by atoms with Crippen LogP contribution in [-0.2, 0) is 32.9 Å². The van der Waals surface area contributed by atoms with Crippen molar-refractivity contribution in [1.29, 1.82) is 0 Å². The lowest BCUT2D eigenvalue weighted by atomic mass is 10.2. The Labute approximate surface area is 124 Å². The fourth-order valence-electron chi connectivity index (χ4n) is 2.16. The second-order valence-electron chi connectivity index (χ2n) is 4.93. The second-order valence-corrected chi connectivity index (χ2v) is 5.92. The van der Waals surface area contributed by atoms with Gasteiger partial charge in [-0.25, -0.2) is 9.67 Å². The fraction of sp³-hybridized carbons (Fsp3) is 0.643. The average Bonchev–Trinajstić information content (AvgIpc) is 3.01. The highest BCUT2D eigenvalue weighted by Crippen LogP contribution is 2.08. The third kappa shape index (κ3) is 4.10. The first-order valence-electron chi connectivity index (χ1n) is 7.12. The van der Waals surface area contributed by atoms with Gasteiger partial charge >= 0.3 is 0 Å². The van der Waals surface area contributed by atoms with Gasteiger partial charge in [-0.1, -0.05) is 6.92 Å². The Morgan fingerprint density at radius 1 is 1.25 bits per heavy atom. The Balaban J connectivity index is 2.02. The molecule has 0 aliphatic rings. The highest BCUT2D eigenvalue weighted by atomic mass is 32.2. The Kier molecular flexibility index (Phi) is 5.64. The maximum absolute atomic E-state index is 4.70. The molecule has 0 radical (unpaired) electrons. The van der Waals surface area contributed by atoms with Gasteiger partial charge < -0.3 is 0 Å². The van der Waals surface area contributed by atoms with Crippen LogP contribution in [0.25, 0.3) is 0 Å². The molecule has 0 spiro atoms. The van der Waals surface area contributed by atoms with Gasteiger partial charge in [0, 0.05) is 38.4 Å². The third-order valence-electron chi connectivity index (χ3n) is 3.15.